The predicted molar refractivity (Wildman–Crippen MR) is 117 cm³/mol. The van der Waals surface area contributed by atoms with E-state index in [1.165, 1.54) is 11.8 Å². The first-order valence-corrected chi connectivity index (χ1v) is 10.9. The van der Waals surface area contributed by atoms with E-state index in [2.05, 4.69) is 5.32 Å². The molecule has 1 atom stereocenters. The van der Waals surface area contributed by atoms with Gasteiger partial charge >= 0.3 is 0 Å². The lowest BCUT2D eigenvalue weighted by atomic mass is 10.1. The first-order chi connectivity index (χ1) is 13.4. The summed E-state index contributed by atoms with van der Waals surface area (Å²) in [6, 6.07) is 15.0. The topological polar surface area (TPSA) is 49.4 Å². The van der Waals surface area contributed by atoms with Crippen LogP contribution in [0.25, 0.3) is 0 Å². The molecule has 2 amide bonds. The number of carbonyl (C=O) groups is 2. The normalized spacial score (nSPS) is 11.7. The van der Waals surface area contributed by atoms with Crippen molar-refractivity contribution in [3.63, 3.8) is 0 Å². The third-order valence-electron chi connectivity index (χ3n) is 4.50. The highest BCUT2D eigenvalue weighted by Crippen LogP contribution is 2.19. The lowest BCUT2D eigenvalue weighted by Crippen LogP contribution is -2.48. The molecule has 0 fully saturated rings. The zero-order valence-electron chi connectivity index (χ0n) is 16.6. The second kappa shape index (κ2) is 11.1. The molecule has 4 nitrogen and oxygen atoms in total. The lowest BCUT2D eigenvalue weighted by molar-refractivity contribution is -0.138. The van der Waals surface area contributed by atoms with E-state index in [-0.39, 0.29) is 11.8 Å². The van der Waals surface area contributed by atoms with Gasteiger partial charge in [-0.25, -0.2) is 0 Å². The Bertz CT molecular complexity index is 813. The van der Waals surface area contributed by atoms with Crippen molar-refractivity contribution in [2.75, 3.05) is 12.3 Å². The number of nitrogens with one attached hydrogen (secondary N) is 1. The number of hydrogen-bond acceptors (Lipinski definition) is 3. The predicted octanol–water partition coefficient (Wildman–Crippen LogP) is 4.44. The second-order valence-corrected chi connectivity index (χ2v) is 8.06. The van der Waals surface area contributed by atoms with E-state index in [0.29, 0.717) is 29.6 Å². The fourth-order valence-corrected chi connectivity index (χ4v) is 3.91. The standard InChI is InChI=1S/C22H27ClN2O2S/c1-4-24-22(27)17(3)25(13-19-10-6-5-8-16(19)2)21(26)15-28-14-18-9-7-11-20(23)12-18/h5-12,17H,4,13-15H2,1-3H3,(H,24,27)/t17-/m1/s1. The number of aryl methyl sites for hydroxylation is 1. The summed E-state index contributed by atoms with van der Waals surface area (Å²) in [5.41, 5.74) is 3.23. The summed E-state index contributed by atoms with van der Waals surface area (Å²) < 4.78 is 0. The molecule has 2 aromatic carbocycles. The van der Waals surface area contributed by atoms with E-state index in [1.54, 1.807) is 11.8 Å². The van der Waals surface area contributed by atoms with E-state index in [0.717, 1.165) is 16.7 Å². The summed E-state index contributed by atoms with van der Waals surface area (Å²) in [7, 11) is 0. The van der Waals surface area contributed by atoms with Crippen LogP contribution in [0.1, 0.15) is 30.5 Å². The van der Waals surface area contributed by atoms with Gasteiger partial charge in [0.15, 0.2) is 0 Å². The Morgan fingerprint density at radius 2 is 1.93 bits per heavy atom. The van der Waals surface area contributed by atoms with Crippen LogP contribution in [0.2, 0.25) is 5.02 Å². The van der Waals surface area contributed by atoms with Crippen molar-refractivity contribution in [3.8, 4) is 0 Å². The van der Waals surface area contributed by atoms with Gasteiger partial charge in [-0.15, -0.1) is 11.8 Å². The maximum Gasteiger partial charge on any atom is 0.242 e. The highest BCUT2D eigenvalue weighted by Gasteiger charge is 2.26. The van der Waals surface area contributed by atoms with Gasteiger partial charge in [0.25, 0.3) is 0 Å². The molecule has 0 unspecified atom stereocenters. The van der Waals surface area contributed by atoms with E-state index in [1.807, 2.05) is 62.4 Å². The van der Waals surface area contributed by atoms with Crippen molar-refractivity contribution >= 4 is 35.2 Å². The minimum Gasteiger partial charge on any atom is -0.355 e. The summed E-state index contributed by atoms with van der Waals surface area (Å²) >= 11 is 7.55. The molecule has 0 spiro atoms. The van der Waals surface area contributed by atoms with Crippen molar-refractivity contribution < 1.29 is 9.59 Å². The number of hydrogen-bond donors (Lipinski definition) is 1. The third kappa shape index (κ3) is 6.57. The molecule has 0 radical (unpaired) electrons. The van der Waals surface area contributed by atoms with Gasteiger partial charge in [0, 0.05) is 23.9 Å². The highest BCUT2D eigenvalue weighted by molar-refractivity contribution is 7.99. The van der Waals surface area contributed by atoms with Gasteiger partial charge in [-0.05, 0) is 49.6 Å². The van der Waals surface area contributed by atoms with Crippen molar-refractivity contribution in [2.24, 2.45) is 0 Å². The molecule has 0 aliphatic carbocycles. The monoisotopic (exact) mass is 418 g/mol. The summed E-state index contributed by atoms with van der Waals surface area (Å²) in [6.07, 6.45) is 0. The Hall–Kier alpha value is -1.98. The molecular weight excluding hydrogens is 392 g/mol. The zero-order valence-corrected chi connectivity index (χ0v) is 18.1. The van der Waals surface area contributed by atoms with Crippen molar-refractivity contribution in [1.29, 1.82) is 0 Å². The van der Waals surface area contributed by atoms with Crippen LogP contribution in [0, 0.1) is 6.92 Å². The quantitative estimate of drug-likeness (QED) is 0.655. The number of likely N-dealkylation sites (N-methyl/N-ethyl adjacent to an activating group) is 1. The molecule has 0 heterocycles. The van der Waals surface area contributed by atoms with Gasteiger partial charge in [0.05, 0.1) is 5.75 Å². The number of rotatable bonds is 9. The second-order valence-electron chi connectivity index (χ2n) is 6.64. The maximum atomic E-state index is 13.0. The molecule has 1 N–H and O–H groups in total. The summed E-state index contributed by atoms with van der Waals surface area (Å²) in [5.74, 6) is 0.820. The molecule has 2 aromatic rings. The molecule has 0 aromatic heterocycles. The summed E-state index contributed by atoms with van der Waals surface area (Å²) in [5, 5.41) is 3.51. The van der Waals surface area contributed by atoms with Crippen molar-refractivity contribution in [3.05, 3.63) is 70.2 Å². The minimum absolute atomic E-state index is 0.0472. The van der Waals surface area contributed by atoms with Gasteiger partial charge in [0.1, 0.15) is 6.04 Å². The molecule has 6 heteroatoms. The van der Waals surface area contributed by atoms with Crippen LogP contribution in [0.5, 0.6) is 0 Å². The van der Waals surface area contributed by atoms with E-state index in [4.69, 9.17) is 11.6 Å². The van der Waals surface area contributed by atoms with E-state index < -0.39 is 6.04 Å². The first kappa shape index (κ1) is 22.3. The summed E-state index contributed by atoms with van der Waals surface area (Å²) in [6.45, 7) is 6.63. The fraction of sp³-hybridized carbons (Fsp3) is 0.364. The number of amides is 2. The van der Waals surface area contributed by atoms with Gasteiger partial charge < -0.3 is 10.2 Å². The Morgan fingerprint density at radius 3 is 2.61 bits per heavy atom. The van der Waals surface area contributed by atoms with Crippen LogP contribution in [0.4, 0.5) is 0 Å². The molecule has 0 saturated carbocycles. The number of nitrogens with zero attached hydrogens (tertiary/aromatic N) is 1. The molecule has 0 aliphatic rings. The van der Waals surface area contributed by atoms with Gasteiger partial charge in [-0.3, -0.25) is 9.59 Å². The minimum atomic E-state index is -0.529. The number of carbonyl (C=O) groups excluding carboxylic acids is 2. The number of benzene rings is 2. The van der Waals surface area contributed by atoms with Crippen LogP contribution in [-0.4, -0.2) is 35.1 Å². The van der Waals surface area contributed by atoms with Crippen LogP contribution in [-0.2, 0) is 21.9 Å². The smallest absolute Gasteiger partial charge is 0.242 e. The maximum absolute atomic E-state index is 13.0. The SMILES string of the molecule is CCNC(=O)[C@@H](C)N(Cc1ccccc1C)C(=O)CSCc1cccc(Cl)c1. The molecular formula is C22H27ClN2O2S. The molecule has 28 heavy (non-hydrogen) atoms. The van der Waals surface area contributed by atoms with Crippen LogP contribution >= 0.6 is 23.4 Å². The molecule has 0 bridgehead atoms. The Morgan fingerprint density at radius 1 is 1.18 bits per heavy atom. The van der Waals surface area contributed by atoms with Crippen LogP contribution in [0.3, 0.4) is 0 Å². The Labute approximate surface area is 176 Å². The van der Waals surface area contributed by atoms with Crippen molar-refractivity contribution in [1.82, 2.24) is 10.2 Å². The Kier molecular flexibility index (Phi) is 8.87. The van der Waals surface area contributed by atoms with E-state index in [9.17, 15) is 9.59 Å². The lowest BCUT2D eigenvalue weighted by Gasteiger charge is -2.29. The average molecular weight is 419 g/mol. The summed E-state index contributed by atoms with van der Waals surface area (Å²) in [4.78, 5) is 27.0. The molecule has 0 aliphatic heterocycles. The van der Waals surface area contributed by atoms with Crippen molar-refractivity contribution in [2.45, 2.75) is 39.1 Å². The third-order valence-corrected chi connectivity index (χ3v) is 5.73. The fourth-order valence-electron chi connectivity index (χ4n) is 2.84. The molecule has 150 valence electrons. The molecule has 0 saturated heterocycles. The van der Waals surface area contributed by atoms with Gasteiger partial charge in [-0.2, -0.15) is 0 Å². The van der Waals surface area contributed by atoms with Gasteiger partial charge in [-0.1, -0.05) is 48.0 Å². The van der Waals surface area contributed by atoms with E-state index >= 15 is 0 Å². The van der Waals surface area contributed by atoms with Crippen LogP contribution in [0.15, 0.2) is 48.5 Å². The number of thioether (sulfide) groups is 1. The average Bonchev–Trinajstić information content (AvgIpc) is 2.67. The largest absolute Gasteiger partial charge is 0.355 e. The van der Waals surface area contributed by atoms with Crippen LogP contribution < -0.4 is 5.32 Å². The highest BCUT2D eigenvalue weighted by atomic mass is 35.5. The zero-order chi connectivity index (χ0) is 20.5. The Balaban J connectivity index is 2.07. The van der Waals surface area contributed by atoms with Gasteiger partial charge in [0.2, 0.25) is 11.8 Å². The first-order valence-electron chi connectivity index (χ1n) is 9.36. The number of halogens is 1. The molecule has 2 rings (SSSR count).